The second kappa shape index (κ2) is 5.12. The molecule has 0 bridgehead atoms. The summed E-state index contributed by atoms with van der Waals surface area (Å²) in [5, 5.41) is 2.96. The van der Waals surface area contributed by atoms with Crippen LogP contribution >= 0.6 is 0 Å². The summed E-state index contributed by atoms with van der Waals surface area (Å²) in [6.45, 7) is 5.86. The van der Waals surface area contributed by atoms with E-state index in [9.17, 15) is 9.59 Å². The standard InChI is InChI=1S/C14H24N2O3/c1-9(17)15-10-5-6-12-11(7-10)16(4)13(18)14(2,3)8-19-12/h10-12H,5-8H2,1-4H3,(H,15,17). The molecule has 1 saturated heterocycles. The molecule has 2 amide bonds. The third-order valence-electron chi connectivity index (χ3n) is 4.22. The van der Waals surface area contributed by atoms with Gasteiger partial charge in [-0.15, -0.1) is 0 Å². The van der Waals surface area contributed by atoms with Crippen molar-refractivity contribution >= 4 is 11.8 Å². The van der Waals surface area contributed by atoms with Crippen molar-refractivity contribution in [2.45, 2.75) is 58.2 Å². The number of hydrogen-bond donors (Lipinski definition) is 1. The van der Waals surface area contributed by atoms with E-state index in [0.29, 0.717) is 6.61 Å². The molecule has 5 nitrogen and oxygen atoms in total. The van der Waals surface area contributed by atoms with Crippen molar-refractivity contribution in [1.29, 1.82) is 0 Å². The van der Waals surface area contributed by atoms with E-state index in [2.05, 4.69) is 5.32 Å². The van der Waals surface area contributed by atoms with E-state index >= 15 is 0 Å². The smallest absolute Gasteiger partial charge is 0.230 e. The maximum atomic E-state index is 12.4. The Kier molecular flexibility index (Phi) is 3.85. The molecule has 3 unspecified atom stereocenters. The molecule has 108 valence electrons. The minimum Gasteiger partial charge on any atom is -0.375 e. The molecular formula is C14H24N2O3. The van der Waals surface area contributed by atoms with E-state index in [4.69, 9.17) is 4.74 Å². The number of fused-ring (bicyclic) bond motifs is 1. The number of likely N-dealkylation sites (N-methyl/N-ethyl adjacent to an activating group) is 1. The Labute approximate surface area is 114 Å². The van der Waals surface area contributed by atoms with Crippen molar-refractivity contribution in [3.8, 4) is 0 Å². The zero-order valence-corrected chi connectivity index (χ0v) is 12.2. The van der Waals surface area contributed by atoms with Gasteiger partial charge in [0.05, 0.1) is 24.2 Å². The van der Waals surface area contributed by atoms with Gasteiger partial charge in [-0.25, -0.2) is 0 Å². The van der Waals surface area contributed by atoms with Crippen LogP contribution in [0.3, 0.4) is 0 Å². The summed E-state index contributed by atoms with van der Waals surface area (Å²) >= 11 is 0. The monoisotopic (exact) mass is 268 g/mol. The molecular weight excluding hydrogens is 244 g/mol. The molecule has 2 fully saturated rings. The summed E-state index contributed by atoms with van der Waals surface area (Å²) in [7, 11) is 1.85. The lowest BCUT2D eigenvalue weighted by atomic mass is 9.87. The fourth-order valence-electron chi connectivity index (χ4n) is 3.14. The first-order valence-electron chi connectivity index (χ1n) is 6.97. The lowest BCUT2D eigenvalue weighted by molar-refractivity contribution is -0.140. The van der Waals surface area contributed by atoms with Crippen LogP contribution in [-0.4, -0.2) is 48.6 Å². The van der Waals surface area contributed by atoms with Crippen molar-refractivity contribution < 1.29 is 14.3 Å². The molecule has 2 aliphatic rings. The Hall–Kier alpha value is -1.10. The maximum absolute atomic E-state index is 12.4. The van der Waals surface area contributed by atoms with Gasteiger partial charge in [0.2, 0.25) is 11.8 Å². The van der Waals surface area contributed by atoms with Gasteiger partial charge in [-0.1, -0.05) is 0 Å². The summed E-state index contributed by atoms with van der Waals surface area (Å²) in [6.07, 6.45) is 2.69. The van der Waals surface area contributed by atoms with Gasteiger partial charge < -0.3 is 15.0 Å². The van der Waals surface area contributed by atoms with E-state index in [1.165, 1.54) is 6.92 Å². The summed E-state index contributed by atoms with van der Waals surface area (Å²) in [5.41, 5.74) is -0.463. The van der Waals surface area contributed by atoms with Crippen LogP contribution in [0.4, 0.5) is 0 Å². The summed E-state index contributed by atoms with van der Waals surface area (Å²) in [5.74, 6) is 0.121. The van der Waals surface area contributed by atoms with Crippen LogP contribution in [0.15, 0.2) is 0 Å². The fraction of sp³-hybridized carbons (Fsp3) is 0.857. The molecule has 0 aromatic carbocycles. The van der Waals surface area contributed by atoms with Gasteiger partial charge in [0.15, 0.2) is 0 Å². The first-order chi connectivity index (χ1) is 8.81. The number of rotatable bonds is 1. The molecule has 5 heteroatoms. The van der Waals surface area contributed by atoms with Gasteiger partial charge >= 0.3 is 0 Å². The van der Waals surface area contributed by atoms with Gasteiger partial charge in [-0.2, -0.15) is 0 Å². The highest BCUT2D eigenvalue weighted by Gasteiger charge is 2.44. The van der Waals surface area contributed by atoms with E-state index in [-0.39, 0.29) is 30.0 Å². The molecule has 0 radical (unpaired) electrons. The number of ether oxygens (including phenoxy) is 1. The van der Waals surface area contributed by atoms with E-state index in [1.807, 2.05) is 25.8 Å². The molecule has 0 aromatic rings. The number of carbonyl (C=O) groups is 2. The van der Waals surface area contributed by atoms with Crippen LogP contribution in [0.2, 0.25) is 0 Å². The van der Waals surface area contributed by atoms with Crippen molar-refractivity contribution in [1.82, 2.24) is 10.2 Å². The van der Waals surface area contributed by atoms with Crippen LogP contribution in [0, 0.1) is 5.41 Å². The minimum atomic E-state index is -0.463. The highest BCUT2D eigenvalue weighted by molar-refractivity contribution is 5.82. The first-order valence-corrected chi connectivity index (χ1v) is 6.97. The molecule has 0 spiro atoms. The summed E-state index contributed by atoms with van der Waals surface area (Å²) in [4.78, 5) is 25.4. The SMILES string of the molecule is CC(=O)NC1CCC2OCC(C)(C)C(=O)N(C)C2C1. The van der Waals surface area contributed by atoms with E-state index < -0.39 is 5.41 Å². The third-order valence-corrected chi connectivity index (χ3v) is 4.22. The van der Waals surface area contributed by atoms with Gasteiger partial charge in [0.25, 0.3) is 0 Å². The Balaban J connectivity index is 2.12. The molecule has 1 saturated carbocycles. The van der Waals surface area contributed by atoms with Crippen molar-refractivity contribution in [2.75, 3.05) is 13.7 Å². The van der Waals surface area contributed by atoms with Gasteiger partial charge in [-0.3, -0.25) is 9.59 Å². The average molecular weight is 268 g/mol. The van der Waals surface area contributed by atoms with E-state index in [1.54, 1.807) is 0 Å². The maximum Gasteiger partial charge on any atom is 0.230 e. The highest BCUT2D eigenvalue weighted by Crippen LogP contribution is 2.33. The Morgan fingerprint density at radius 1 is 1.42 bits per heavy atom. The van der Waals surface area contributed by atoms with Crippen LogP contribution in [-0.2, 0) is 14.3 Å². The number of carbonyl (C=O) groups excluding carboxylic acids is 2. The molecule has 1 heterocycles. The number of nitrogens with zero attached hydrogens (tertiary/aromatic N) is 1. The summed E-state index contributed by atoms with van der Waals surface area (Å²) in [6, 6.07) is 0.221. The van der Waals surface area contributed by atoms with Gasteiger partial charge in [0.1, 0.15) is 0 Å². The zero-order chi connectivity index (χ0) is 14.2. The van der Waals surface area contributed by atoms with Crippen molar-refractivity contribution in [3.63, 3.8) is 0 Å². The molecule has 19 heavy (non-hydrogen) atoms. The normalized spacial score (nSPS) is 34.4. The molecule has 0 aromatic heterocycles. The van der Waals surface area contributed by atoms with Crippen molar-refractivity contribution in [2.24, 2.45) is 5.41 Å². The highest BCUT2D eigenvalue weighted by atomic mass is 16.5. The number of amides is 2. The number of nitrogens with one attached hydrogen (secondary N) is 1. The van der Waals surface area contributed by atoms with Crippen molar-refractivity contribution in [3.05, 3.63) is 0 Å². The molecule has 1 aliphatic heterocycles. The summed E-state index contributed by atoms with van der Waals surface area (Å²) < 4.78 is 5.94. The molecule has 1 N–H and O–H groups in total. The fourth-order valence-corrected chi connectivity index (χ4v) is 3.14. The average Bonchev–Trinajstić information content (AvgIpc) is 2.41. The number of hydrogen-bond acceptors (Lipinski definition) is 3. The quantitative estimate of drug-likeness (QED) is 0.769. The minimum absolute atomic E-state index is 0.00713. The molecule has 2 rings (SSSR count). The topological polar surface area (TPSA) is 58.6 Å². The zero-order valence-electron chi connectivity index (χ0n) is 12.2. The second-order valence-corrected chi connectivity index (χ2v) is 6.43. The molecule has 1 aliphatic carbocycles. The Morgan fingerprint density at radius 2 is 2.11 bits per heavy atom. The van der Waals surface area contributed by atoms with Crippen LogP contribution < -0.4 is 5.32 Å². The Bertz CT molecular complexity index is 381. The predicted molar refractivity (Wildman–Crippen MR) is 71.5 cm³/mol. The largest absolute Gasteiger partial charge is 0.375 e. The predicted octanol–water partition coefficient (Wildman–Crippen LogP) is 0.927. The third kappa shape index (κ3) is 2.91. The van der Waals surface area contributed by atoms with Crippen LogP contribution in [0.5, 0.6) is 0 Å². The Morgan fingerprint density at radius 3 is 2.74 bits per heavy atom. The van der Waals surface area contributed by atoms with Crippen LogP contribution in [0.1, 0.15) is 40.0 Å². The van der Waals surface area contributed by atoms with Gasteiger partial charge in [-0.05, 0) is 33.1 Å². The van der Waals surface area contributed by atoms with E-state index in [0.717, 1.165) is 19.3 Å². The first kappa shape index (κ1) is 14.3. The molecule has 3 atom stereocenters. The lowest BCUT2D eigenvalue weighted by Crippen LogP contribution is -2.52. The lowest BCUT2D eigenvalue weighted by Gasteiger charge is -2.39. The van der Waals surface area contributed by atoms with Gasteiger partial charge in [0, 0.05) is 20.0 Å². The van der Waals surface area contributed by atoms with Crippen LogP contribution in [0.25, 0.3) is 0 Å². The second-order valence-electron chi connectivity index (χ2n) is 6.43.